The van der Waals surface area contributed by atoms with Crippen LogP contribution in [-0.4, -0.2) is 25.2 Å². The molecule has 0 aliphatic rings. The van der Waals surface area contributed by atoms with E-state index in [4.69, 9.17) is 0 Å². The van der Waals surface area contributed by atoms with Crippen molar-refractivity contribution < 1.29 is 19.1 Å². The smallest absolute Gasteiger partial charge is 0.306 e. The van der Waals surface area contributed by atoms with Gasteiger partial charge in [0, 0.05) is 6.92 Å². The lowest BCUT2D eigenvalue weighted by molar-refractivity contribution is -0.145. The molecule has 4 nitrogen and oxygen atoms in total. The van der Waals surface area contributed by atoms with Crippen LogP contribution in [0.5, 0.6) is 0 Å². The monoisotopic (exact) mass is 232 g/mol. The van der Waals surface area contributed by atoms with Crippen LogP contribution < -0.4 is 0 Å². The molecule has 0 atom stereocenters. The quantitative estimate of drug-likeness (QED) is 0.686. The molecule has 0 aromatic carbocycles. The Morgan fingerprint density at radius 3 is 1.69 bits per heavy atom. The summed E-state index contributed by atoms with van der Waals surface area (Å²) in [5.74, 6) is -0.350. The fraction of sp³-hybridized carbons (Fsp3) is 0.833. The lowest BCUT2D eigenvalue weighted by atomic mass is 9.93. The summed E-state index contributed by atoms with van der Waals surface area (Å²) in [7, 11) is 1.41. The van der Waals surface area contributed by atoms with Crippen molar-refractivity contribution in [3.05, 3.63) is 0 Å². The number of esters is 2. The first-order chi connectivity index (χ1) is 7.08. The first kappa shape index (κ1) is 17.3. The predicted molar refractivity (Wildman–Crippen MR) is 63.0 cm³/mol. The number of carbonyl (C=O) groups excluding carboxylic acids is 2. The average molecular weight is 232 g/mol. The van der Waals surface area contributed by atoms with E-state index in [9.17, 15) is 9.59 Å². The minimum atomic E-state index is -0.213. The predicted octanol–water partition coefficient (Wildman–Crippen LogP) is 2.55. The van der Waals surface area contributed by atoms with E-state index in [1.54, 1.807) is 0 Å². The van der Waals surface area contributed by atoms with Gasteiger partial charge in [-0.1, -0.05) is 20.8 Å². The van der Waals surface area contributed by atoms with E-state index in [1.807, 2.05) is 34.6 Å². The molecule has 0 aromatic heterocycles. The van der Waals surface area contributed by atoms with Gasteiger partial charge in [0.25, 0.3) is 0 Å². The second kappa shape index (κ2) is 8.13. The maximum Gasteiger partial charge on any atom is 0.306 e. The zero-order chi connectivity index (χ0) is 13.4. The van der Waals surface area contributed by atoms with Gasteiger partial charge in [0.1, 0.15) is 0 Å². The largest absolute Gasteiger partial charge is 0.469 e. The summed E-state index contributed by atoms with van der Waals surface area (Å²) in [5, 5.41) is 0. The van der Waals surface area contributed by atoms with Crippen LogP contribution >= 0.6 is 0 Å². The van der Waals surface area contributed by atoms with Gasteiger partial charge in [-0.2, -0.15) is 0 Å². The van der Waals surface area contributed by atoms with Crippen LogP contribution in [0.4, 0.5) is 0 Å². The molecule has 96 valence electrons. The molecule has 0 fully saturated rings. The molecular weight excluding hydrogens is 208 g/mol. The molecule has 0 radical (unpaired) electrons. The van der Waals surface area contributed by atoms with Crippen molar-refractivity contribution in [2.24, 2.45) is 5.41 Å². The van der Waals surface area contributed by atoms with Gasteiger partial charge in [-0.25, -0.2) is 0 Å². The van der Waals surface area contributed by atoms with E-state index in [0.717, 1.165) is 0 Å². The molecule has 0 bridgehead atoms. The van der Waals surface area contributed by atoms with Gasteiger partial charge in [0.05, 0.1) is 19.6 Å². The van der Waals surface area contributed by atoms with Crippen LogP contribution in [0.15, 0.2) is 0 Å². The van der Waals surface area contributed by atoms with Crippen molar-refractivity contribution in [2.45, 2.75) is 54.1 Å². The number of methoxy groups -OCH3 is 1. The molecule has 16 heavy (non-hydrogen) atoms. The standard InChI is InChI=1S/C7H14O2.C5H10O2/c1-7(2,3)5-6(8)9-4;1-4(2)7-5(3)6/h5H2,1-4H3;4H,1-3H3. The molecule has 0 spiro atoms. The Bertz CT molecular complexity index is 214. The zero-order valence-corrected chi connectivity index (χ0v) is 11.4. The Morgan fingerprint density at radius 2 is 1.62 bits per heavy atom. The fourth-order valence-electron chi connectivity index (χ4n) is 0.837. The summed E-state index contributed by atoms with van der Waals surface area (Å²) in [6, 6.07) is 0. The lowest BCUT2D eigenvalue weighted by Crippen LogP contribution is -2.13. The molecule has 0 saturated heterocycles. The van der Waals surface area contributed by atoms with Gasteiger partial charge in [-0.15, -0.1) is 0 Å². The van der Waals surface area contributed by atoms with E-state index in [-0.39, 0.29) is 23.5 Å². The van der Waals surface area contributed by atoms with Crippen molar-refractivity contribution >= 4 is 11.9 Å². The van der Waals surface area contributed by atoms with Crippen molar-refractivity contribution in [3.63, 3.8) is 0 Å². The average Bonchev–Trinajstić information content (AvgIpc) is 1.99. The third-order valence-electron chi connectivity index (χ3n) is 1.30. The number of hydrogen-bond donors (Lipinski definition) is 0. The second-order valence-corrected chi connectivity index (χ2v) is 4.97. The van der Waals surface area contributed by atoms with E-state index in [2.05, 4.69) is 9.47 Å². The first-order valence-electron chi connectivity index (χ1n) is 5.32. The molecule has 0 aromatic rings. The minimum absolute atomic E-state index is 0.0255. The van der Waals surface area contributed by atoms with E-state index in [1.165, 1.54) is 14.0 Å². The Balaban J connectivity index is 0. The molecular formula is C12H24O4. The minimum Gasteiger partial charge on any atom is -0.469 e. The van der Waals surface area contributed by atoms with Crippen LogP contribution in [0, 0.1) is 5.41 Å². The lowest BCUT2D eigenvalue weighted by Gasteiger charge is -2.14. The van der Waals surface area contributed by atoms with E-state index in [0.29, 0.717) is 6.42 Å². The molecule has 0 saturated carbocycles. The molecule has 0 N–H and O–H groups in total. The molecule has 0 heterocycles. The van der Waals surface area contributed by atoms with Crippen LogP contribution in [-0.2, 0) is 19.1 Å². The van der Waals surface area contributed by atoms with Crippen molar-refractivity contribution in [3.8, 4) is 0 Å². The Morgan fingerprint density at radius 1 is 1.19 bits per heavy atom. The van der Waals surface area contributed by atoms with Crippen LogP contribution in [0.2, 0.25) is 0 Å². The molecule has 0 aliphatic heterocycles. The number of carbonyl (C=O) groups is 2. The molecule has 0 rings (SSSR count). The van der Waals surface area contributed by atoms with Crippen molar-refractivity contribution in [2.75, 3.05) is 7.11 Å². The third kappa shape index (κ3) is 18.7. The summed E-state index contributed by atoms with van der Waals surface area (Å²) in [6.07, 6.45) is 0.515. The van der Waals surface area contributed by atoms with E-state index >= 15 is 0 Å². The Hall–Kier alpha value is -1.06. The highest BCUT2D eigenvalue weighted by atomic mass is 16.5. The van der Waals surface area contributed by atoms with Crippen LogP contribution in [0.25, 0.3) is 0 Å². The topological polar surface area (TPSA) is 52.6 Å². The highest BCUT2D eigenvalue weighted by molar-refractivity contribution is 5.69. The summed E-state index contributed by atoms with van der Waals surface area (Å²) in [4.78, 5) is 20.6. The maximum absolute atomic E-state index is 10.6. The summed E-state index contributed by atoms with van der Waals surface area (Å²) < 4.78 is 9.10. The Kier molecular flexibility index (Phi) is 8.81. The fourth-order valence-corrected chi connectivity index (χ4v) is 0.837. The van der Waals surface area contributed by atoms with Gasteiger partial charge < -0.3 is 9.47 Å². The van der Waals surface area contributed by atoms with Gasteiger partial charge in [-0.3, -0.25) is 9.59 Å². The van der Waals surface area contributed by atoms with Gasteiger partial charge in [0.15, 0.2) is 0 Å². The molecule has 0 amide bonds. The summed E-state index contributed by atoms with van der Waals surface area (Å²) >= 11 is 0. The van der Waals surface area contributed by atoms with Crippen molar-refractivity contribution in [1.82, 2.24) is 0 Å². The number of rotatable bonds is 2. The van der Waals surface area contributed by atoms with Gasteiger partial charge in [-0.05, 0) is 19.3 Å². The third-order valence-corrected chi connectivity index (χ3v) is 1.30. The SMILES string of the molecule is CC(=O)OC(C)C.COC(=O)CC(C)(C)C. The highest BCUT2D eigenvalue weighted by Gasteiger charge is 2.15. The van der Waals surface area contributed by atoms with Crippen LogP contribution in [0.3, 0.4) is 0 Å². The Labute approximate surface area is 98.3 Å². The zero-order valence-electron chi connectivity index (χ0n) is 11.4. The molecule has 4 heteroatoms. The number of hydrogen-bond acceptors (Lipinski definition) is 4. The van der Waals surface area contributed by atoms with Gasteiger partial charge >= 0.3 is 11.9 Å². The van der Waals surface area contributed by atoms with Crippen molar-refractivity contribution in [1.29, 1.82) is 0 Å². The maximum atomic E-state index is 10.6. The number of ether oxygens (including phenoxy) is 2. The normalized spacial score (nSPS) is 10.2. The first-order valence-corrected chi connectivity index (χ1v) is 5.32. The molecule has 0 unspecified atom stereocenters. The summed E-state index contributed by atoms with van der Waals surface area (Å²) in [5.41, 5.74) is 0.0487. The van der Waals surface area contributed by atoms with Gasteiger partial charge in [0.2, 0.25) is 0 Å². The molecule has 0 aliphatic carbocycles. The van der Waals surface area contributed by atoms with E-state index < -0.39 is 0 Å². The van der Waals surface area contributed by atoms with Crippen LogP contribution in [0.1, 0.15) is 48.0 Å². The second-order valence-electron chi connectivity index (χ2n) is 4.97. The highest BCUT2D eigenvalue weighted by Crippen LogP contribution is 2.18. The summed E-state index contributed by atoms with van der Waals surface area (Å²) in [6.45, 7) is 11.1.